The van der Waals surface area contributed by atoms with Crippen molar-refractivity contribution in [2.24, 2.45) is 5.10 Å². The highest BCUT2D eigenvalue weighted by Gasteiger charge is 2.05. The lowest BCUT2D eigenvalue weighted by Crippen LogP contribution is -2.20. The summed E-state index contributed by atoms with van der Waals surface area (Å²) in [6, 6.07) is 22.9. The van der Waals surface area contributed by atoms with Gasteiger partial charge in [-0.2, -0.15) is 10.4 Å². The van der Waals surface area contributed by atoms with E-state index >= 15 is 0 Å². The van der Waals surface area contributed by atoms with E-state index in [0.717, 1.165) is 22.3 Å². The number of rotatable bonds is 7. The van der Waals surface area contributed by atoms with E-state index in [0.29, 0.717) is 17.9 Å². The molecule has 5 heteroatoms. The van der Waals surface area contributed by atoms with Gasteiger partial charge < -0.3 is 4.74 Å². The van der Waals surface area contributed by atoms with Crippen molar-refractivity contribution < 1.29 is 9.53 Å². The molecule has 0 aliphatic carbocycles. The summed E-state index contributed by atoms with van der Waals surface area (Å²) in [5, 5.41) is 13.2. The molecular formula is C25H23N3O2. The van der Waals surface area contributed by atoms with Crippen LogP contribution in [0.5, 0.6) is 5.75 Å². The number of nitrogens with one attached hydrogen (secondary N) is 1. The third-order valence-electron chi connectivity index (χ3n) is 4.64. The number of ether oxygens (including phenoxy) is 1. The zero-order valence-electron chi connectivity index (χ0n) is 17.1. The lowest BCUT2D eigenvalue weighted by atomic mass is 10.0. The van der Waals surface area contributed by atoms with Gasteiger partial charge >= 0.3 is 0 Å². The Morgan fingerprint density at radius 3 is 2.70 bits per heavy atom. The second kappa shape index (κ2) is 10.0. The number of nitrogens with zero attached hydrogens (tertiary/aromatic N) is 2. The first-order chi connectivity index (χ1) is 14.5. The Hall–Kier alpha value is -3.91. The Labute approximate surface area is 176 Å². The number of hydrogen-bond acceptors (Lipinski definition) is 4. The quantitative estimate of drug-likeness (QED) is 0.473. The molecule has 0 fully saturated rings. The van der Waals surface area contributed by atoms with E-state index in [2.05, 4.69) is 22.7 Å². The summed E-state index contributed by atoms with van der Waals surface area (Å²) >= 11 is 0. The van der Waals surface area contributed by atoms with Crippen molar-refractivity contribution in [1.29, 1.82) is 5.26 Å². The third kappa shape index (κ3) is 5.79. The lowest BCUT2D eigenvalue weighted by molar-refractivity contribution is -0.120. The van der Waals surface area contributed by atoms with Gasteiger partial charge in [-0.3, -0.25) is 4.79 Å². The minimum Gasteiger partial charge on any atom is -0.489 e. The first-order valence-corrected chi connectivity index (χ1v) is 9.64. The summed E-state index contributed by atoms with van der Waals surface area (Å²) in [6.07, 6.45) is 1.86. The van der Waals surface area contributed by atoms with Crippen LogP contribution in [-0.4, -0.2) is 12.1 Å². The molecule has 1 N–H and O–H groups in total. The predicted octanol–water partition coefficient (Wildman–Crippen LogP) is 4.45. The first kappa shape index (κ1) is 20.8. The van der Waals surface area contributed by atoms with Crippen LogP contribution in [0.1, 0.15) is 33.4 Å². The highest BCUT2D eigenvalue weighted by Crippen LogP contribution is 2.16. The molecule has 5 nitrogen and oxygen atoms in total. The predicted molar refractivity (Wildman–Crippen MR) is 117 cm³/mol. The van der Waals surface area contributed by atoms with Crippen molar-refractivity contribution in [3.63, 3.8) is 0 Å². The number of carbonyl (C=O) groups excluding carboxylic acids is 1. The minimum absolute atomic E-state index is 0.168. The van der Waals surface area contributed by atoms with Crippen molar-refractivity contribution in [3.8, 4) is 11.8 Å². The van der Waals surface area contributed by atoms with E-state index in [4.69, 9.17) is 10.00 Å². The van der Waals surface area contributed by atoms with Crippen LogP contribution in [0.25, 0.3) is 0 Å². The van der Waals surface area contributed by atoms with Crippen molar-refractivity contribution in [1.82, 2.24) is 5.43 Å². The van der Waals surface area contributed by atoms with E-state index in [-0.39, 0.29) is 12.3 Å². The Morgan fingerprint density at radius 1 is 1.07 bits per heavy atom. The monoisotopic (exact) mass is 397 g/mol. The highest BCUT2D eigenvalue weighted by molar-refractivity contribution is 5.83. The minimum atomic E-state index is -0.168. The van der Waals surface area contributed by atoms with Crippen LogP contribution in [0, 0.1) is 25.2 Å². The Balaban J connectivity index is 1.56. The lowest BCUT2D eigenvalue weighted by Gasteiger charge is -2.08. The fourth-order valence-electron chi connectivity index (χ4n) is 3.04. The van der Waals surface area contributed by atoms with Crippen LogP contribution in [0.2, 0.25) is 0 Å². The summed E-state index contributed by atoms with van der Waals surface area (Å²) < 4.78 is 5.80. The molecule has 3 aromatic carbocycles. The highest BCUT2D eigenvalue weighted by atomic mass is 16.5. The maximum atomic E-state index is 12.2. The number of nitriles is 1. The van der Waals surface area contributed by atoms with Gasteiger partial charge in [0.05, 0.1) is 24.3 Å². The zero-order chi connectivity index (χ0) is 21.3. The molecule has 0 saturated carbocycles. The van der Waals surface area contributed by atoms with Crippen LogP contribution < -0.4 is 10.2 Å². The molecule has 0 aromatic heterocycles. The van der Waals surface area contributed by atoms with E-state index < -0.39 is 0 Å². The molecule has 0 bridgehead atoms. The topological polar surface area (TPSA) is 74.5 Å². The molecule has 0 heterocycles. The van der Waals surface area contributed by atoms with Gasteiger partial charge in [0.15, 0.2) is 0 Å². The third-order valence-corrected chi connectivity index (χ3v) is 4.64. The van der Waals surface area contributed by atoms with Gasteiger partial charge in [0, 0.05) is 5.56 Å². The van der Waals surface area contributed by atoms with Crippen LogP contribution in [-0.2, 0) is 17.8 Å². The number of aryl methyl sites for hydroxylation is 2. The van der Waals surface area contributed by atoms with Gasteiger partial charge in [0.25, 0.3) is 0 Å². The fraction of sp³-hybridized carbons (Fsp3) is 0.160. The van der Waals surface area contributed by atoms with Gasteiger partial charge in [-0.05, 0) is 48.7 Å². The van der Waals surface area contributed by atoms with Crippen molar-refractivity contribution in [3.05, 3.63) is 100 Å². The van der Waals surface area contributed by atoms with Gasteiger partial charge in [0.1, 0.15) is 12.4 Å². The van der Waals surface area contributed by atoms with E-state index in [1.807, 2.05) is 68.4 Å². The second-order valence-electron chi connectivity index (χ2n) is 7.03. The number of carbonyl (C=O) groups is 1. The maximum Gasteiger partial charge on any atom is 0.244 e. The molecular weight excluding hydrogens is 374 g/mol. The van der Waals surface area contributed by atoms with Gasteiger partial charge in [-0.25, -0.2) is 5.43 Å². The number of hydrazone groups is 1. The van der Waals surface area contributed by atoms with Gasteiger partial charge in [-0.1, -0.05) is 54.1 Å². The molecule has 30 heavy (non-hydrogen) atoms. The molecule has 0 radical (unpaired) electrons. The van der Waals surface area contributed by atoms with Crippen molar-refractivity contribution >= 4 is 12.1 Å². The SMILES string of the molecule is Cc1ccc(CC(=O)N/N=C\c2cccc(OCc3ccccc3C#N)c2)c(C)c1. The Bertz CT molecular complexity index is 1110. The standard InChI is InChI=1S/C25H23N3O2/c1-18-10-11-21(19(2)12-18)14-25(29)28-27-16-20-6-5-9-24(13-20)30-17-23-8-4-3-7-22(23)15-26/h3-13,16H,14,17H2,1-2H3,(H,28,29)/b27-16-. The molecule has 0 spiro atoms. The molecule has 1 amide bonds. The second-order valence-corrected chi connectivity index (χ2v) is 7.03. The summed E-state index contributed by atoms with van der Waals surface area (Å²) in [7, 11) is 0. The first-order valence-electron chi connectivity index (χ1n) is 9.64. The summed E-state index contributed by atoms with van der Waals surface area (Å²) in [5.41, 5.74) is 8.05. The smallest absolute Gasteiger partial charge is 0.244 e. The van der Waals surface area contributed by atoms with Crippen LogP contribution in [0.3, 0.4) is 0 Å². The van der Waals surface area contributed by atoms with Gasteiger partial charge in [0.2, 0.25) is 5.91 Å². The average molecular weight is 397 g/mol. The molecule has 0 unspecified atom stereocenters. The molecule has 0 aliphatic heterocycles. The molecule has 3 aromatic rings. The Morgan fingerprint density at radius 2 is 1.90 bits per heavy atom. The zero-order valence-corrected chi connectivity index (χ0v) is 17.1. The number of amides is 1. The largest absolute Gasteiger partial charge is 0.489 e. The number of hydrogen-bond donors (Lipinski definition) is 1. The van der Waals surface area contributed by atoms with E-state index in [1.165, 1.54) is 5.56 Å². The maximum absolute atomic E-state index is 12.2. The Kier molecular flexibility index (Phi) is 6.96. The van der Waals surface area contributed by atoms with E-state index in [1.54, 1.807) is 12.3 Å². The number of benzene rings is 3. The van der Waals surface area contributed by atoms with Crippen molar-refractivity contribution in [2.45, 2.75) is 26.9 Å². The van der Waals surface area contributed by atoms with Crippen LogP contribution >= 0.6 is 0 Å². The van der Waals surface area contributed by atoms with Gasteiger partial charge in [-0.15, -0.1) is 0 Å². The summed E-state index contributed by atoms with van der Waals surface area (Å²) in [5.74, 6) is 0.493. The summed E-state index contributed by atoms with van der Waals surface area (Å²) in [6.45, 7) is 4.33. The van der Waals surface area contributed by atoms with Crippen LogP contribution in [0.4, 0.5) is 0 Å². The molecule has 0 aliphatic rings. The molecule has 150 valence electrons. The van der Waals surface area contributed by atoms with E-state index in [9.17, 15) is 4.79 Å². The van der Waals surface area contributed by atoms with Crippen molar-refractivity contribution in [2.75, 3.05) is 0 Å². The fourth-order valence-corrected chi connectivity index (χ4v) is 3.04. The molecule has 3 rings (SSSR count). The van der Waals surface area contributed by atoms with Crippen LogP contribution in [0.15, 0.2) is 71.8 Å². The molecule has 0 saturated heterocycles. The molecule has 0 atom stereocenters. The average Bonchev–Trinajstić information content (AvgIpc) is 2.75. The summed E-state index contributed by atoms with van der Waals surface area (Å²) in [4.78, 5) is 12.2. The normalized spacial score (nSPS) is 10.6.